The van der Waals surface area contributed by atoms with Crippen molar-refractivity contribution < 1.29 is 9.53 Å². The third-order valence-electron chi connectivity index (χ3n) is 2.63. The Hall–Kier alpha value is -1.05. The molecule has 4 heteroatoms. The summed E-state index contributed by atoms with van der Waals surface area (Å²) in [4.78, 5) is 11.8. The van der Waals surface area contributed by atoms with Gasteiger partial charge in [-0.2, -0.15) is 0 Å². The highest BCUT2D eigenvalue weighted by atomic mass is 16.5. The predicted octanol–water partition coefficient (Wildman–Crippen LogP) is -0.512. The van der Waals surface area contributed by atoms with Crippen molar-refractivity contribution in [1.82, 2.24) is 5.32 Å². The van der Waals surface area contributed by atoms with Crippen LogP contribution in [0.5, 0.6) is 0 Å². The van der Waals surface area contributed by atoms with Gasteiger partial charge in [0.05, 0.1) is 24.7 Å². The van der Waals surface area contributed by atoms with Gasteiger partial charge in [-0.1, -0.05) is 5.92 Å². The number of hydrogen-bond acceptors (Lipinski definition) is 3. The minimum Gasteiger partial charge on any atom is -0.379 e. The van der Waals surface area contributed by atoms with Gasteiger partial charge in [-0.15, -0.1) is 6.42 Å². The van der Waals surface area contributed by atoms with E-state index in [-0.39, 0.29) is 18.0 Å². The molecule has 1 heterocycles. The number of rotatable bonds is 2. The van der Waals surface area contributed by atoms with E-state index in [4.69, 9.17) is 16.9 Å². The van der Waals surface area contributed by atoms with Gasteiger partial charge in [0.25, 0.3) is 0 Å². The van der Waals surface area contributed by atoms with Crippen LogP contribution in [0, 0.1) is 17.8 Å². The van der Waals surface area contributed by atoms with Crippen molar-refractivity contribution in [3.8, 4) is 12.3 Å². The average Bonchev–Trinajstić information content (AvgIpc) is 2.48. The molecule has 4 nitrogen and oxygen atoms in total. The van der Waals surface area contributed by atoms with Gasteiger partial charge in [0, 0.05) is 6.04 Å². The van der Waals surface area contributed by atoms with E-state index >= 15 is 0 Å². The molecule has 0 bridgehead atoms. The molecule has 1 amide bonds. The normalized spacial score (nSPS) is 33.4. The highest BCUT2D eigenvalue weighted by Crippen LogP contribution is 2.27. The van der Waals surface area contributed by atoms with Crippen LogP contribution in [0.4, 0.5) is 0 Å². The van der Waals surface area contributed by atoms with Crippen molar-refractivity contribution in [2.75, 3.05) is 13.2 Å². The number of ether oxygens (including phenoxy) is 1. The number of carbonyl (C=O) groups is 1. The van der Waals surface area contributed by atoms with Crippen molar-refractivity contribution in [1.29, 1.82) is 0 Å². The summed E-state index contributed by atoms with van der Waals surface area (Å²) in [6.45, 7) is 4.33. The SMILES string of the molecule is C#CC(C)NC(=O)C1(C)COCC1N. The van der Waals surface area contributed by atoms with E-state index < -0.39 is 5.41 Å². The van der Waals surface area contributed by atoms with Crippen LogP contribution in [0.15, 0.2) is 0 Å². The molecule has 78 valence electrons. The molecule has 3 unspecified atom stereocenters. The Morgan fingerprint density at radius 2 is 2.50 bits per heavy atom. The van der Waals surface area contributed by atoms with Gasteiger partial charge < -0.3 is 15.8 Å². The lowest BCUT2D eigenvalue weighted by atomic mass is 9.84. The summed E-state index contributed by atoms with van der Waals surface area (Å²) in [5, 5.41) is 2.71. The van der Waals surface area contributed by atoms with Crippen molar-refractivity contribution in [3.05, 3.63) is 0 Å². The second kappa shape index (κ2) is 3.99. The Kier molecular flexibility index (Phi) is 3.14. The van der Waals surface area contributed by atoms with E-state index in [1.54, 1.807) is 13.8 Å². The largest absolute Gasteiger partial charge is 0.379 e. The molecule has 0 saturated carbocycles. The second-order valence-corrected chi connectivity index (χ2v) is 3.90. The molecule has 0 aromatic carbocycles. The Morgan fingerprint density at radius 1 is 1.86 bits per heavy atom. The first-order valence-corrected chi connectivity index (χ1v) is 4.61. The van der Waals surface area contributed by atoms with Crippen LogP contribution in [0.1, 0.15) is 13.8 Å². The number of nitrogens with one attached hydrogen (secondary N) is 1. The zero-order valence-electron chi connectivity index (χ0n) is 8.54. The molecule has 0 aromatic heterocycles. The molecule has 1 fully saturated rings. The van der Waals surface area contributed by atoms with Crippen molar-refractivity contribution in [2.24, 2.45) is 11.1 Å². The average molecular weight is 196 g/mol. The van der Waals surface area contributed by atoms with E-state index in [2.05, 4.69) is 11.2 Å². The van der Waals surface area contributed by atoms with Crippen molar-refractivity contribution in [3.63, 3.8) is 0 Å². The molecular weight excluding hydrogens is 180 g/mol. The Balaban J connectivity index is 2.64. The summed E-state index contributed by atoms with van der Waals surface area (Å²) in [6.07, 6.45) is 5.17. The smallest absolute Gasteiger partial charge is 0.230 e. The fourth-order valence-electron chi connectivity index (χ4n) is 1.33. The van der Waals surface area contributed by atoms with Crippen LogP contribution >= 0.6 is 0 Å². The molecule has 1 saturated heterocycles. The summed E-state index contributed by atoms with van der Waals surface area (Å²) in [5.41, 5.74) is 5.15. The first kappa shape index (κ1) is 11.0. The fourth-order valence-corrected chi connectivity index (χ4v) is 1.33. The van der Waals surface area contributed by atoms with E-state index in [0.29, 0.717) is 13.2 Å². The molecular formula is C10H16N2O2. The lowest BCUT2D eigenvalue weighted by Gasteiger charge is -2.26. The van der Waals surface area contributed by atoms with Gasteiger partial charge in [0.15, 0.2) is 0 Å². The van der Waals surface area contributed by atoms with Crippen molar-refractivity contribution in [2.45, 2.75) is 25.9 Å². The lowest BCUT2D eigenvalue weighted by molar-refractivity contribution is -0.130. The van der Waals surface area contributed by atoms with Gasteiger partial charge in [-0.3, -0.25) is 4.79 Å². The van der Waals surface area contributed by atoms with Gasteiger partial charge in [0.2, 0.25) is 5.91 Å². The number of amides is 1. The maximum Gasteiger partial charge on any atom is 0.230 e. The number of hydrogen-bond donors (Lipinski definition) is 2. The molecule has 3 atom stereocenters. The second-order valence-electron chi connectivity index (χ2n) is 3.90. The van der Waals surface area contributed by atoms with Gasteiger partial charge in [-0.05, 0) is 13.8 Å². The quantitative estimate of drug-likeness (QED) is 0.585. The lowest BCUT2D eigenvalue weighted by Crippen LogP contribution is -2.51. The maximum atomic E-state index is 11.8. The third-order valence-corrected chi connectivity index (χ3v) is 2.63. The van der Waals surface area contributed by atoms with E-state index in [0.717, 1.165) is 0 Å². The number of terminal acetylenes is 1. The Bertz CT molecular complexity index is 272. The summed E-state index contributed by atoms with van der Waals surface area (Å²) in [5.74, 6) is 2.31. The zero-order chi connectivity index (χ0) is 10.8. The topological polar surface area (TPSA) is 64.3 Å². The summed E-state index contributed by atoms with van der Waals surface area (Å²) < 4.78 is 5.17. The van der Waals surface area contributed by atoms with Crippen molar-refractivity contribution >= 4 is 5.91 Å². The highest BCUT2D eigenvalue weighted by Gasteiger charge is 2.44. The molecule has 0 aromatic rings. The van der Waals surface area contributed by atoms with Crippen LogP contribution in [-0.4, -0.2) is 31.2 Å². The molecule has 1 aliphatic rings. The van der Waals surface area contributed by atoms with E-state index in [1.165, 1.54) is 0 Å². The molecule has 0 radical (unpaired) electrons. The Labute approximate surface area is 84.2 Å². The molecule has 0 spiro atoms. The minimum absolute atomic E-state index is 0.132. The van der Waals surface area contributed by atoms with Crippen LogP contribution in [0.25, 0.3) is 0 Å². The molecule has 1 aliphatic heterocycles. The summed E-state index contributed by atoms with van der Waals surface area (Å²) in [6, 6.07) is -0.528. The number of nitrogens with two attached hydrogens (primary N) is 1. The molecule has 3 N–H and O–H groups in total. The monoisotopic (exact) mass is 196 g/mol. The first-order chi connectivity index (χ1) is 6.50. The van der Waals surface area contributed by atoms with E-state index in [1.807, 2.05) is 0 Å². The van der Waals surface area contributed by atoms with Gasteiger partial charge in [-0.25, -0.2) is 0 Å². The standard InChI is InChI=1S/C10H16N2O2/c1-4-7(2)12-9(13)10(3)6-14-5-8(10)11/h1,7-8H,5-6,11H2,2-3H3,(H,12,13). The zero-order valence-corrected chi connectivity index (χ0v) is 8.54. The molecule has 0 aliphatic carbocycles. The fraction of sp³-hybridized carbons (Fsp3) is 0.700. The minimum atomic E-state index is -0.648. The molecule has 1 rings (SSSR count). The van der Waals surface area contributed by atoms with Gasteiger partial charge >= 0.3 is 0 Å². The maximum absolute atomic E-state index is 11.8. The summed E-state index contributed by atoms with van der Waals surface area (Å²) >= 11 is 0. The summed E-state index contributed by atoms with van der Waals surface area (Å²) in [7, 11) is 0. The molecule has 14 heavy (non-hydrogen) atoms. The van der Waals surface area contributed by atoms with E-state index in [9.17, 15) is 4.79 Å². The first-order valence-electron chi connectivity index (χ1n) is 4.61. The predicted molar refractivity (Wildman–Crippen MR) is 53.3 cm³/mol. The van der Waals surface area contributed by atoms with Crippen LogP contribution in [0.2, 0.25) is 0 Å². The number of carbonyl (C=O) groups excluding carboxylic acids is 1. The van der Waals surface area contributed by atoms with Crippen LogP contribution in [0.3, 0.4) is 0 Å². The highest BCUT2D eigenvalue weighted by molar-refractivity contribution is 5.84. The van der Waals surface area contributed by atoms with Gasteiger partial charge in [0.1, 0.15) is 0 Å². The van der Waals surface area contributed by atoms with Crippen LogP contribution in [-0.2, 0) is 9.53 Å². The van der Waals surface area contributed by atoms with Crippen LogP contribution < -0.4 is 11.1 Å². The Morgan fingerprint density at radius 3 is 2.93 bits per heavy atom. The third kappa shape index (κ3) is 1.89.